The Labute approximate surface area is 159 Å². The Morgan fingerprint density at radius 3 is 2.89 bits per heavy atom. The summed E-state index contributed by atoms with van der Waals surface area (Å²) < 4.78 is 7.98. The van der Waals surface area contributed by atoms with Crippen molar-refractivity contribution in [2.24, 2.45) is 5.41 Å². The fourth-order valence-corrected chi connectivity index (χ4v) is 4.72. The van der Waals surface area contributed by atoms with Gasteiger partial charge >= 0.3 is 0 Å². The van der Waals surface area contributed by atoms with Gasteiger partial charge in [-0.25, -0.2) is 4.98 Å². The lowest BCUT2D eigenvalue weighted by molar-refractivity contribution is 0.247. The van der Waals surface area contributed by atoms with Crippen LogP contribution < -0.4 is 4.74 Å². The quantitative estimate of drug-likeness (QED) is 0.715. The summed E-state index contributed by atoms with van der Waals surface area (Å²) in [5.41, 5.74) is 3.90. The molecule has 0 amide bonds. The smallest absolute Gasteiger partial charge is 0.128 e. The largest absolute Gasteiger partial charge is 0.496 e. The van der Waals surface area contributed by atoms with Crippen molar-refractivity contribution in [2.45, 2.75) is 25.9 Å². The predicted octanol–water partition coefficient (Wildman–Crippen LogP) is 3.40. The Bertz CT molecular complexity index is 952. The molecule has 5 heteroatoms. The zero-order valence-electron chi connectivity index (χ0n) is 15.6. The second kappa shape index (κ2) is 6.50. The van der Waals surface area contributed by atoms with Gasteiger partial charge in [0.1, 0.15) is 11.6 Å². The van der Waals surface area contributed by atoms with E-state index in [9.17, 15) is 0 Å². The molecule has 1 saturated heterocycles. The Balaban J connectivity index is 1.37. The van der Waals surface area contributed by atoms with Gasteiger partial charge in [-0.15, -0.1) is 0 Å². The van der Waals surface area contributed by atoms with Gasteiger partial charge in [-0.1, -0.05) is 18.2 Å². The third kappa shape index (κ3) is 2.92. The molecule has 2 aromatic heterocycles. The van der Waals surface area contributed by atoms with Gasteiger partial charge in [0.2, 0.25) is 0 Å². The number of likely N-dealkylation sites (tertiary alicyclic amines) is 1. The second-order valence-electron chi connectivity index (χ2n) is 7.84. The number of methoxy groups -OCH3 is 1. The normalized spacial score (nSPS) is 21.7. The van der Waals surface area contributed by atoms with E-state index < -0.39 is 0 Å². The van der Waals surface area contributed by atoms with Gasteiger partial charge in [0.15, 0.2) is 0 Å². The first-order valence-corrected chi connectivity index (χ1v) is 9.55. The molecule has 0 radical (unpaired) electrons. The topological polar surface area (TPSA) is 43.2 Å². The molecule has 0 saturated carbocycles. The van der Waals surface area contributed by atoms with Crippen LogP contribution in [0.5, 0.6) is 5.75 Å². The lowest BCUT2D eigenvalue weighted by Gasteiger charge is -2.23. The van der Waals surface area contributed by atoms with Gasteiger partial charge in [-0.2, -0.15) is 0 Å². The predicted molar refractivity (Wildman–Crippen MR) is 104 cm³/mol. The molecule has 27 heavy (non-hydrogen) atoms. The van der Waals surface area contributed by atoms with E-state index in [-0.39, 0.29) is 0 Å². The number of benzene rings is 1. The summed E-state index contributed by atoms with van der Waals surface area (Å²) in [7, 11) is 1.73. The maximum Gasteiger partial charge on any atom is 0.128 e. The van der Waals surface area contributed by atoms with Crippen molar-refractivity contribution in [3.8, 4) is 17.0 Å². The summed E-state index contributed by atoms with van der Waals surface area (Å²) in [5.74, 6) is 2.12. The second-order valence-corrected chi connectivity index (χ2v) is 7.84. The minimum atomic E-state index is 0.308. The van der Waals surface area contributed by atoms with E-state index in [4.69, 9.17) is 9.72 Å². The monoisotopic (exact) mass is 360 g/mol. The molecule has 0 unspecified atom stereocenters. The van der Waals surface area contributed by atoms with Gasteiger partial charge in [-0.3, -0.25) is 9.88 Å². The number of imidazole rings is 1. The number of nitrogens with zero attached hydrogens (tertiary/aromatic N) is 4. The highest BCUT2D eigenvalue weighted by atomic mass is 16.5. The molecule has 0 aliphatic carbocycles. The standard InChI is InChI=1S/C22H24N4O/c1-27-20-7-3-2-6-18(20)19-13-24-21-11-22(16-26(19)21)8-10-25(15-22)14-17-5-4-9-23-12-17/h2-7,9,12-13H,8,10-11,14-16H2,1H3/t22-/m1/s1. The van der Waals surface area contributed by atoms with Crippen LogP contribution in [-0.4, -0.2) is 39.6 Å². The van der Waals surface area contributed by atoms with Crippen molar-refractivity contribution in [1.29, 1.82) is 0 Å². The van der Waals surface area contributed by atoms with E-state index in [0.717, 1.165) is 43.9 Å². The van der Waals surface area contributed by atoms with Crippen LogP contribution in [0.25, 0.3) is 11.3 Å². The Kier molecular flexibility index (Phi) is 3.97. The number of fused-ring (bicyclic) bond motifs is 1. The summed E-state index contributed by atoms with van der Waals surface area (Å²) in [6.07, 6.45) is 8.10. The number of rotatable bonds is 4. The number of ether oxygens (including phenoxy) is 1. The SMILES string of the molecule is COc1ccccc1-c1cnc2n1C[C@]1(CCN(Cc3cccnc3)C1)C2. The molecule has 1 spiro atoms. The molecule has 5 nitrogen and oxygen atoms in total. The molecule has 2 aliphatic rings. The molecule has 138 valence electrons. The maximum absolute atomic E-state index is 5.57. The number of hydrogen-bond acceptors (Lipinski definition) is 4. The fourth-order valence-electron chi connectivity index (χ4n) is 4.72. The molecule has 0 N–H and O–H groups in total. The first kappa shape index (κ1) is 16.5. The summed E-state index contributed by atoms with van der Waals surface area (Å²) >= 11 is 0. The fraction of sp³-hybridized carbons (Fsp3) is 0.364. The zero-order valence-corrected chi connectivity index (χ0v) is 15.6. The van der Waals surface area contributed by atoms with Crippen LogP contribution in [0.1, 0.15) is 17.8 Å². The van der Waals surface area contributed by atoms with Crippen molar-refractivity contribution in [2.75, 3.05) is 20.2 Å². The number of aromatic nitrogens is 3. The van der Waals surface area contributed by atoms with Gasteiger partial charge in [0.25, 0.3) is 0 Å². The van der Waals surface area contributed by atoms with Gasteiger partial charge in [0, 0.05) is 49.4 Å². The average Bonchev–Trinajstić information content (AvgIpc) is 3.37. The van der Waals surface area contributed by atoms with Crippen LogP contribution in [-0.2, 0) is 19.5 Å². The van der Waals surface area contributed by atoms with Gasteiger partial charge in [0.05, 0.1) is 19.0 Å². The number of hydrogen-bond donors (Lipinski definition) is 0. The molecule has 4 heterocycles. The Hall–Kier alpha value is -2.66. The van der Waals surface area contributed by atoms with Crippen molar-refractivity contribution in [3.63, 3.8) is 0 Å². The van der Waals surface area contributed by atoms with Crippen LogP contribution in [0.2, 0.25) is 0 Å². The molecule has 1 aromatic carbocycles. The third-order valence-electron chi connectivity index (χ3n) is 5.99. The highest BCUT2D eigenvalue weighted by Crippen LogP contribution is 2.43. The maximum atomic E-state index is 5.57. The summed E-state index contributed by atoms with van der Waals surface area (Å²) in [5, 5.41) is 0. The third-order valence-corrected chi connectivity index (χ3v) is 5.99. The zero-order chi connectivity index (χ0) is 18.3. The lowest BCUT2D eigenvalue weighted by Crippen LogP contribution is -2.28. The van der Waals surface area contributed by atoms with E-state index in [1.54, 1.807) is 7.11 Å². The molecular formula is C22H24N4O. The molecule has 1 atom stereocenters. The van der Waals surface area contributed by atoms with E-state index in [0.29, 0.717) is 5.41 Å². The summed E-state index contributed by atoms with van der Waals surface area (Å²) in [4.78, 5) is 11.6. The van der Waals surface area contributed by atoms with Crippen molar-refractivity contribution >= 4 is 0 Å². The van der Waals surface area contributed by atoms with E-state index in [1.165, 1.54) is 23.5 Å². The van der Waals surface area contributed by atoms with Crippen LogP contribution in [0.3, 0.4) is 0 Å². The first-order chi connectivity index (χ1) is 13.3. The van der Waals surface area contributed by atoms with Gasteiger partial charge in [-0.05, 0) is 36.7 Å². The Morgan fingerprint density at radius 2 is 2.04 bits per heavy atom. The summed E-state index contributed by atoms with van der Waals surface area (Å²) in [6.45, 7) is 4.29. The van der Waals surface area contributed by atoms with Crippen molar-refractivity contribution in [3.05, 3.63) is 66.4 Å². The van der Waals surface area contributed by atoms with Crippen LogP contribution in [0.15, 0.2) is 55.0 Å². The lowest BCUT2D eigenvalue weighted by atomic mass is 9.86. The number of pyridine rings is 1. The molecule has 2 aliphatic heterocycles. The van der Waals surface area contributed by atoms with Crippen LogP contribution in [0, 0.1) is 5.41 Å². The molecule has 5 rings (SSSR count). The minimum Gasteiger partial charge on any atom is -0.496 e. The van der Waals surface area contributed by atoms with E-state index in [1.807, 2.05) is 36.8 Å². The van der Waals surface area contributed by atoms with E-state index in [2.05, 4.69) is 32.7 Å². The highest BCUT2D eigenvalue weighted by Gasteiger charge is 2.44. The molecule has 1 fully saturated rings. The molecule has 3 aromatic rings. The molecule has 0 bridgehead atoms. The Morgan fingerprint density at radius 1 is 1.11 bits per heavy atom. The van der Waals surface area contributed by atoms with Crippen LogP contribution >= 0.6 is 0 Å². The molecular weight excluding hydrogens is 336 g/mol. The number of para-hydroxylation sites is 1. The average molecular weight is 360 g/mol. The van der Waals surface area contributed by atoms with Crippen molar-refractivity contribution < 1.29 is 4.74 Å². The van der Waals surface area contributed by atoms with Crippen molar-refractivity contribution in [1.82, 2.24) is 19.4 Å². The van der Waals surface area contributed by atoms with Crippen LogP contribution in [0.4, 0.5) is 0 Å². The first-order valence-electron chi connectivity index (χ1n) is 9.55. The summed E-state index contributed by atoms with van der Waals surface area (Å²) in [6, 6.07) is 12.4. The minimum absolute atomic E-state index is 0.308. The van der Waals surface area contributed by atoms with Gasteiger partial charge < -0.3 is 9.30 Å². The van der Waals surface area contributed by atoms with E-state index >= 15 is 0 Å². The highest BCUT2D eigenvalue weighted by molar-refractivity contribution is 5.67.